The van der Waals surface area contributed by atoms with E-state index in [-0.39, 0.29) is 37.3 Å². The Bertz CT molecular complexity index is 1600. The maximum absolute atomic E-state index is 13.5. The molecule has 1 aromatic heterocycles. The standard InChI is InChI=1S/C30H33N3O13/c1-40-19-3-12(4-20(41-2)25(19)35)22-14-5-17-18(45-11-44-17)6-15(14)24(16-10-42-29(39)23(16)22)33-7-13(31-32-33)9-43-30-28(38)27(37)26(36)21(8-34)46-30/h3-7,16,21-24,26-28,30,34-38H,8-11H2,1-2H3/t16-,21+,22+,23-,24+,26-,27-,28+,30+/m0/s1. The number of hydrogen-bond acceptors (Lipinski definition) is 15. The summed E-state index contributed by atoms with van der Waals surface area (Å²) in [7, 11) is 2.86. The van der Waals surface area contributed by atoms with Gasteiger partial charge in [0.1, 0.15) is 30.1 Å². The largest absolute Gasteiger partial charge is 0.502 e. The molecule has 16 heteroatoms. The van der Waals surface area contributed by atoms with Gasteiger partial charge in [0.25, 0.3) is 0 Å². The van der Waals surface area contributed by atoms with Gasteiger partial charge >= 0.3 is 5.97 Å². The molecule has 3 aromatic rings. The molecule has 0 radical (unpaired) electrons. The first-order valence-corrected chi connectivity index (χ1v) is 14.6. The lowest BCUT2D eigenvalue weighted by Gasteiger charge is -2.39. The molecule has 0 unspecified atom stereocenters. The highest BCUT2D eigenvalue weighted by Crippen LogP contribution is 2.56. The zero-order valence-corrected chi connectivity index (χ0v) is 24.8. The molecule has 5 N–H and O–H groups in total. The van der Waals surface area contributed by atoms with Crippen LogP contribution in [0.25, 0.3) is 0 Å². The summed E-state index contributed by atoms with van der Waals surface area (Å²) < 4.78 is 40.6. The van der Waals surface area contributed by atoms with E-state index < -0.39 is 67.1 Å². The average molecular weight is 644 g/mol. The molecular weight excluding hydrogens is 610 g/mol. The van der Waals surface area contributed by atoms with Gasteiger partial charge in [0.15, 0.2) is 29.3 Å². The molecule has 9 atom stereocenters. The molecule has 0 saturated carbocycles. The van der Waals surface area contributed by atoms with E-state index in [1.165, 1.54) is 14.2 Å². The fraction of sp³-hybridized carbons (Fsp3) is 0.500. The number of nitrogens with zero attached hydrogens (tertiary/aromatic N) is 3. The van der Waals surface area contributed by atoms with E-state index in [4.69, 9.17) is 33.2 Å². The molecule has 2 aromatic carbocycles. The fourth-order valence-corrected chi connectivity index (χ4v) is 6.85. The van der Waals surface area contributed by atoms with Gasteiger partial charge in [0, 0.05) is 11.8 Å². The number of carbonyl (C=O) groups excluding carboxylic acids is 1. The average Bonchev–Trinajstić information content (AvgIpc) is 3.82. The highest BCUT2D eigenvalue weighted by Gasteiger charge is 2.54. The van der Waals surface area contributed by atoms with Crippen LogP contribution in [-0.4, -0.2) is 111 Å². The minimum atomic E-state index is -1.59. The van der Waals surface area contributed by atoms with Gasteiger partial charge in [-0.3, -0.25) is 4.79 Å². The van der Waals surface area contributed by atoms with Crippen molar-refractivity contribution in [3.8, 4) is 28.7 Å². The summed E-state index contributed by atoms with van der Waals surface area (Å²) >= 11 is 0. The second kappa shape index (κ2) is 11.9. The number of aromatic nitrogens is 3. The Morgan fingerprint density at radius 1 is 0.957 bits per heavy atom. The molecule has 0 bridgehead atoms. The number of phenolic OH excluding ortho intramolecular Hbond substituents is 1. The SMILES string of the molecule is COc1cc([C@@H]2c3cc4c(cc3[C@@H](n3cc(CO[C@@H]5O[C@H](CO)[C@H](O)[C@H](O)[C@H]5O)nn3)[C@H]3COC(=O)[C@H]23)OCO4)cc(OC)c1O. The number of rotatable bonds is 8. The van der Waals surface area contributed by atoms with E-state index in [0.717, 1.165) is 11.1 Å². The van der Waals surface area contributed by atoms with Crippen LogP contribution in [0.3, 0.4) is 0 Å². The number of phenols is 1. The Morgan fingerprint density at radius 3 is 2.33 bits per heavy atom. The molecule has 2 saturated heterocycles. The first-order chi connectivity index (χ1) is 22.2. The summed E-state index contributed by atoms with van der Waals surface area (Å²) in [6.07, 6.45) is -5.50. The number of benzene rings is 2. The summed E-state index contributed by atoms with van der Waals surface area (Å²) in [6, 6.07) is 6.50. The number of methoxy groups -OCH3 is 2. The van der Waals surface area contributed by atoms with Crippen molar-refractivity contribution in [1.29, 1.82) is 0 Å². The lowest BCUT2D eigenvalue weighted by atomic mass is 9.65. The predicted octanol–water partition coefficient (Wildman–Crippen LogP) is -0.430. The van der Waals surface area contributed by atoms with E-state index in [1.807, 2.05) is 12.1 Å². The van der Waals surface area contributed by atoms with Gasteiger partial charge in [-0.2, -0.15) is 0 Å². The normalized spacial score (nSPS) is 31.3. The number of fused-ring (bicyclic) bond motifs is 3. The minimum absolute atomic E-state index is 0.0338. The third-order valence-corrected chi connectivity index (χ3v) is 9.10. The van der Waals surface area contributed by atoms with Crippen LogP contribution < -0.4 is 18.9 Å². The molecule has 4 heterocycles. The van der Waals surface area contributed by atoms with Crippen LogP contribution in [0, 0.1) is 11.8 Å². The van der Waals surface area contributed by atoms with Gasteiger partial charge in [-0.05, 0) is 41.0 Å². The van der Waals surface area contributed by atoms with Crippen molar-refractivity contribution in [3.63, 3.8) is 0 Å². The maximum Gasteiger partial charge on any atom is 0.310 e. The third kappa shape index (κ3) is 4.88. The van der Waals surface area contributed by atoms with Crippen molar-refractivity contribution in [1.82, 2.24) is 15.0 Å². The Kier molecular flexibility index (Phi) is 7.86. The summed E-state index contributed by atoms with van der Waals surface area (Å²) in [5.41, 5.74) is 2.53. The van der Waals surface area contributed by atoms with Crippen molar-refractivity contribution in [3.05, 3.63) is 52.8 Å². The molecule has 246 valence electrons. The van der Waals surface area contributed by atoms with Crippen molar-refractivity contribution in [2.75, 3.05) is 34.2 Å². The van der Waals surface area contributed by atoms with Gasteiger partial charge in [-0.25, -0.2) is 4.68 Å². The zero-order valence-electron chi connectivity index (χ0n) is 24.8. The number of aromatic hydroxyl groups is 1. The summed E-state index contributed by atoms with van der Waals surface area (Å²) in [5.74, 6) is -0.784. The van der Waals surface area contributed by atoms with Crippen molar-refractivity contribution in [2.45, 2.75) is 49.3 Å². The van der Waals surface area contributed by atoms with E-state index in [0.29, 0.717) is 22.8 Å². The summed E-state index contributed by atoms with van der Waals surface area (Å²) in [6.45, 7) is -0.648. The van der Waals surface area contributed by atoms with Crippen molar-refractivity contribution < 1.29 is 63.5 Å². The van der Waals surface area contributed by atoms with Crippen LogP contribution in [0.5, 0.6) is 28.7 Å². The Balaban J connectivity index is 1.25. The number of esters is 1. The number of ether oxygens (including phenoxy) is 7. The Hall–Kier alpha value is -4.19. The number of hydrogen-bond donors (Lipinski definition) is 5. The lowest BCUT2D eigenvalue weighted by Crippen LogP contribution is -2.59. The highest BCUT2D eigenvalue weighted by molar-refractivity contribution is 5.79. The molecule has 0 amide bonds. The summed E-state index contributed by atoms with van der Waals surface area (Å²) in [4.78, 5) is 13.5. The van der Waals surface area contributed by atoms with Crippen LogP contribution >= 0.6 is 0 Å². The van der Waals surface area contributed by atoms with E-state index in [1.54, 1.807) is 23.0 Å². The van der Waals surface area contributed by atoms with Gasteiger partial charge in [-0.1, -0.05) is 5.21 Å². The van der Waals surface area contributed by atoms with Gasteiger partial charge in [0.05, 0.1) is 52.2 Å². The predicted molar refractivity (Wildman–Crippen MR) is 150 cm³/mol. The van der Waals surface area contributed by atoms with Gasteiger partial charge in [0.2, 0.25) is 12.5 Å². The topological polar surface area (TPSA) is 214 Å². The molecule has 0 spiro atoms. The summed E-state index contributed by atoms with van der Waals surface area (Å²) in [5, 5.41) is 59.1. The molecule has 16 nitrogen and oxygen atoms in total. The number of aliphatic hydroxyl groups is 4. The van der Waals surface area contributed by atoms with Crippen LogP contribution in [0.2, 0.25) is 0 Å². The number of aliphatic hydroxyl groups excluding tert-OH is 4. The van der Waals surface area contributed by atoms with E-state index in [2.05, 4.69) is 10.3 Å². The number of cyclic esters (lactones) is 1. The smallest absolute Gasteiger partial charge is 0.310 e. The zero-order chi connectivity index (χ0) is 32.3. The fourth-order valence-electron chi connectivity index (χ4n) is 6.85. The molecule has 1 aliphatic carbocycles. The maximum atomic E-state index is 13.5. The lowest BCUT2D eigenvalue weighted by molar-refractivity contribution is -0.304. The molecular formula is C30H33N3O13. The van der Waals surface area contributed by atoms with Crippen LogP contribution in [-0.2, 0) is 25.6 Å². The first-order valence-electron chi connectivity index (χ1n) is 14.6. The molecule has 2 fully saturated rings. The second-order valence-electron chi connectivity index (χ2n) is 11.5. The van der Waals surface area contributed by atoms with Gasteiger partial charge in [-0.15, -0.1) is 5.10 Å². The molecule has 4 aliphatic rings. The quantitative estimate of drug-likeness (QED) is 0.197. The van der Waals surface area contributed by atoms with Crippen molar-refractivity contribution in [2.24, 2.45) is 11.8 Å². The van der Waals surface area contributed by atoms with Crippen molar-refractivity contribution >= 4 is 5.97 Å². The Morgan fingerprint density at radius 2 is 1.65 bits per heavy atom. The number of carbonyl (C=O) groups is 1. The monoisotopic (exact) mass is 643 g/mol. The first kappa shape index (κ1) is 30.5. The minimum Gasteiger partial charge on any atom is -0.502 e. The molecule has 46 heavy (non-hydrogen) atoms. The molecule has 3 aliphatic heterocycles. The van der Waals surface area contributed by atoms with Crippen LogP contribution in [0.15, 0.2) is 30.5 Å². The molecule has 7 rings (SSSR count). The second-order valence-corrected chi connectivity index (χ2v) is 11.5. The Labute approximate surface area is 261 Å². The van der Waals surface area contributed by atoms with E-state index in [9.17, 15) is 30.3 Å². The third-order valence-electron chi connectivity index (χ3n) is 9.10. The van der Waals surface area contributed by atoms with Crippen LogP contribution in [0.1, 0.15) is 34.3 Å². The van der Waals surface area contributed by atoms with Gasteiger partial charge < -0.3 is 58.7 Å². The van der Waals surface area contributed by atoms with E-state index >= 15 is 0 Å². The van der Waals surface area contributed by atoms with Crippen LogP contribution in [0.4, 0.5) is 0 Å². The highest BCUT2D eigenvalue weighted by atomic mass is 16.7.